The van der Waals surface area contributed by atoms with E-state index in [4.69, 9.17) is 33.0 Å². The van der Waals surface area contributed by atoms with Crippen molar-refractivity contribution in [2.24, 2.45) is 0 Å². The fraction of sp³-hybridized carbons (Fsp3) is 0.333. The third kappa shape index (κ3) is 3.71. The molecule has 5 rings (SSSR count). The molecule has 2 aromatic carbocycles. The van der Waals surface area contributed by atoms with E-state index in [2.05, 4.69) is 29.2 Å². The van der Waals surface area contributed by atoms with Crippen LogP contribution in [-0.2, 0) is 17.6 Å². The molecule has 1 fully saturated rings. The average Bonchev–Trinajstić information content (AvgIpc) is 3.19. The lowest BCUT2D eigenvalue weighted by atomic mass is 9.90. The fourth-order valence-corrected chi connectivity index (χ4v) is 5.07. The van der Waals surface area contributed by atoms with Crippen molar-refractivity contribution in [1.29, 1.82) is 0 Å². The Bertz CT molecular complexity index is 1170. The lowest BCUT2D eigenvalue weighted by Crippen LogP contribution is -2.49. The minimum absolute atomic E-state index is 0.252. The van der Waals surface area contributed by atoms with Gasteiger partial charge >= 0.3 is 6.09 Å². The summed E-state index contributed by atoms with van der Waals surface area (Å²) < 4.78 is 7.13. The van der Waals surface area contributed by atoms with Crippen molar-refractivity contribution < 1.29 is 9.53 Å². The first-order valence-corrected chi connectivity index (χ1v) is 11.6. The van der Waals surface area contributed by atoms with Gasteiger partial charge in [-0.05, 0) is 43.5 Å². The number of hydrogen-bond donors (Lipinski definition) is 0. The molecule has 1 aliphatic heterocycles. The summed E-state index contributed by atoms with van der Waals surface area (Å²) in [6, 6.07) is 13.9. The Hall–Kier alpha value is -2.70. The van der Waals surface area contributed by atoms with E-state index in [1.54, 1.807) is 11.0 Å². The predicted octanol–water partition coefficient (Wildman–Crippen LogP) is 5.22. The number of rotatable bonds is 3. The summed E-state index contributed by atoms with van der Waals surface area (Å²) in [5, 5.41) is 6.20. The Morgan fingerprint density at radius 1 is 1.06 bits per heavy atom. The van der Waals surface area contributed by atoms with Gasteiger partial charge in [0.15, 0.2) is 0 Å². The maximum atomic E-state index is 12.2. The average molecular weight is 471 g/mol. The molecule has 32 heavy (non-hydrogen) atoms. The Kier molecular flexibility index (Phi) is 5.74. The van der Waals surface area contributed by atoms with Crippen LogP contribution in [0.15, 0.2) is 42.5 Å². The van der Waals surface area contributed by atoms with Crippen LogP contribution in [0.2, 0.25) is 10.0 Å². The van der Waals surface area contributed by atoms with Crippen LogP contribution in [0.25, 0.3) is 16.9 Å². The largest absolute Gasteiger partial charge is 0.450 e. The van der Waals surface area contributed by atoms with Crippen molar-refractivity contribution >= 4 is 35.1 Å². The number of carbonyl (C=O) groups is 1. The summed E-state index contributed by atoms with van der Waals surface area (Å²) >= 11 is 12.8. The summed E-state index contributed by atoms with van der Waals surface area (Å²) in [5.41, 5.74) is 5.50. The van der Waals surface area contributed by atoms with Crippen molar-refractivity contribution in [2.45, 2.75) is 19.8 Å². The molecule has 1 saturated heterocycles. The summed E-state index contributed by atoms with van der Waals surface area (Å²) in [5.74, 6) is 1.04. The summed E-state index contributed by atoms with van der Waals surface area (Å²) in [7, 11) is 0. The molecule has 1 aliphatic carbocycles. The first-order valence-electron chi connectivity index (χ1n) is 10.9. The molecule has 0 spiro atoms. The van der Waals surface area contributed by atoms with Gasteiger partial charge in [-0.3, -0.25) is 0 Å². The van der Waals surface area contributed by atoms with E-state index in [1.165, 1.54) is 16.7 Å². The topological polar surface area (TPSA) is 50.6 Å². The van der Waals surface area contributed by atoms with Crippen molar-refractivity contribution in [1.82, 2.24) is 14.7 Å². The van der Waals surface area contributed by atoms with Gasteiger partial charge < -0.3 is 14.5 Å². The van der Waals surface area contributed by atoms with E-state index in [-0.39, 0.29) is 6.09 Å². The summed E-state index contributed by atoms with van der Waals surface area (Å²) in [6.07, 6.45) is 1.63. The van der Waals surface area contributed by atoms with E-state index in [1.807, 2.05) is 23.7 Å². The van der Waals surface area contributed by atoms with Crippen molar-refractivity contribution in [3.63, 3.8) is 0 Å². The van der Waals surface area contributed by atoms with Crippen molar-refractivity contribution in [3.05, 3.63) is 63.6 Å². The molecule has 6 nitrogen and oxygen atoms in total. The molecule has 166 valence electrons. The molecule has 0 radical (unpaired) electrons. The van der Waals surface area contributed by atoms with Gasteiger partial charge in [0.1, 0.15) is 5.82 Å². The second-order valence-electron chi connectivity index (χ2n) is 7.99. The number of aryl methyl sites for hydroxylation is 1. The molecule has 0 N–H and O–H groups in total. The predicted molar refractivity (Wildman–Crippen MR) is 127 cm³/mol. The number of amides is 1. The number of ether oxygens (including phenoxy) is 1. The smallest absolute Gasteiger partial charge is 0.409 e. The zero-order valence-electron chi connectivity index (χ0n) is 17.9. The number of nitrogens with zero attached hydrogens (tertiary/aromatic N) is 4. The van der Waals surface area contributed by atoms with Crippen LogP contribution >= 0.6 is 23.2 Å². The number of halogens is 2. The molecule has 1 amide bonds. The van der Waals surface area contributed by atoms with Crippen LogP contribution in [0.3, 0.4) is 0 Å². The van der Waals surface area contributed by atoms with Crippen LogP contribution in [0, 0.1) is 0 Å². The molecule has 1 aromatic heterocycles. The highest BCUT2D eigenvalue weighted by atomic mass is 35.5. The number of fused-ring (bicyclic) bond motifs is 3. The van der Waals surface area contributed by atoms with Crippen LogP contribution in [-0.4, -0.2) is 53.6 Å². The van der Waals surface area contributed by atoms with Gasteiger partial charge in [-0.25, -0.2) is 9.48 Å². The highest BCUT2D eigenvalue weighted by Crippen LogP contribution is 2.41. The monoisotopic (exact) mass is 470 g/mol. The van der Waals surface area contributed by atoms with Crippen molar-refractivity contribution in [3.8, 4) is 16.9 Å². The fourth-order valence-electron chi connectivity index (χ4n) is 4.58. The van der Waals surface area contributed by atoms with Crippen LogP contribution in [0.5, 0.6) is 0 Å². The lowest BCUT2D eigenvalue weighted by molar-refractivity contribution is 0.105. The minimum atomic E-state index is -0.252. The van der Waals surface area contributed by atoms with Gasteiger partial charge in [0, 0.05) is 42.3 Å². The maximum absolute atomic E-state index is 12.2. The molecule has 2 heterocycles. The van der Waals surface area contributed by atoms with E-state index in [0.717, 1.165) is 30.0 Å². The second-order valence-corrected chi connectivity index (χ2v) is 8.83. The normalized spacial score (nSPS) is 15.3. The molecule has 0 saturated carbocycles. The van der Waals surface area contributed by atoms with Gasteiger partial charge in [0.05, 0.1) is 23.0 Å². The van der Waals surface area contributed by atoms with Gasteiger partial charge in [0.25, 0.3) is 0 Å². The number of benzene rings is 2. The number of hydrogen-bond acceptors (Lipinski definition) is 4. The van der Waals surface area contributed by atoms with Gasteiger partial charge in [-0.15, -0.1) is 0 Å². The van der Waals surface area contributed by atoms with Crippen LogP contribution in [0.1, 0.15) is 18.1 Å². The Labute approximate surface area is 197 Å². The molecule has 8 heteroatoms. The van der Waals surface area contributed by atoms with Gasteiger partial charge in [0.2, 0.25) is 0 Å². The second kappa shape index (κ2) is 8.68. The van der Waals surface area contributed by atoms with Crippen LogP contribution in [0.4, 0.5) is 10.6 Å². The molecule has 0 unspecified atom stereocenters. The zero-order chi connectivity index (χ0) is 22.2. The summed E-state index contributed by atoms with van der Waals surface area (Å²) in [4.78, 5) is 16.2. The summed E-state index contributed by atoms with van der Waals surface area (Å²) in [6.45, 7) is 4.81. The Morgan fingerprint density at radius 3 is 2.59 bits per heavy atom. The van der Waals surface area contributed by atoms with Gasteiger partial charge in [-0.1, -0.05) is 47.5 Å². The SMILES string of the molecule is CCOC(=O)N1CCN(c2c3c(nn2-c2ccc(Cl)cc2Cl)-c2ccccc2CC3)CC1. The molecular formula is C24H24Cl2N4O2. The van der Waals surface area contributed by atoms with Crippen LogP contribution < -0.4 is 4.90 Å². The first-order chi connectivity index (χ1) is 15.6. The molecule has 0 bridgehead atoms. The maximum Gasteiger partial charge on any atom is 0.409 e. The van der Waals surface area contributed by atoms with Gasteiger partial charge in [-0.2, -0.15) is 5.10 Å². The standard InChI is InChI=1S/C24H24Cl2N4O2/c1-2-32-24(31)29-13-11-28(12-14-29)23-19-9-7-16-5-3-4-6-18(16)22(19)27-30(23)21-10-8-17(25)15-20(21)26/h3-6,8,10,15H,2,7,9,11-14H2,1H3. The lowest BCUT2D eigenvalue weighted by Gasteiger charge is -2.36. The first kappa shape index (κ1) is 21.2. The van der Waals surface area contributed by atoms with E-state index < -0.39 is 0 Å². The third-order valence-electron chi connectivity index (χ3n) is 6.12. The highest BCUT2D eigenvalue weighted by Gasteiger charge is 2.31. The number of piperazine rings is 1. The molecular weight excluding hydrogens is 447 g/mol. The third-order valence-corrected chi connectivity index (χ3v) is 6.65. The van der Waals surface area contributed by atoms with E-state index in [0.29, 0.717) is 42.8 Å². The minimum Gasteiger partial charge on any atom is -0.450 e. The zero-order valence-corrected chi connectivity index (χ0v) is 19.4. The number of anilines is 1. The molecule has 0 atom stereocenters. The van der Waals surface area contributed by atoms with E-state index in [9.17, 15) is 4.79 Å². The van der Waals surface area contributed by atoms with E-state index >= 15 is 0 Å². The highest BCUT2D eigenvalue weighted by molar-refractivity contribution is 6.35. The Balaban J connectivity index is 1.58. The quantitative estimate of drug-likeness (QED) is 0.526. The number of aromatic nitrogens is 2. The number of carbonyl (C=O) groups excluding carboxylic acids is 1. The Morgan fingerprint density at radius 2 is 1.84 bits per heavy atom. The van der Waals surface area contributed by atoms with Crippen molar-refractivity contribution in [2.75, 3.05) is 37.7 Å². The molecule has 3 aromatic rings. The molecule has 2 aliphatic rings.